The molecule has 0 radical (unpaired) electrons. The highest BCUT2D eigenvalue weighted by Crippen LogP contribution is 2.39. The minimum atomic E-state index is -2.84. The highest BCUT2D eigenvalue weighted by Gasteiger charge is 2.35. The summed E-state index contributed by atoms with van der Waals surface area (Å²) in [5, 5.41) is 3.51. The van der Waals surface area contributed by atoms with Gasteiger partial charge < -0.3 is 5.32 Å². The summed E-state index contributed by atoms with van der Waals surface area (Å²) in [6, 6.07) is 0.669. The van der Waals surface area contributed by atoms with Gasteiger partial charge in [0.15, 0.2) is 0 Å². The van der Waals surface area contributed by atoms with Crippen LogP contribution in [0.15, 0.2) is 0 Å². The lowest BCUT2D eigenvalue weighted by atomic mass is 9.72. The van der Waals surface area contributed by atoms with E-state index >= 15 is 0 Å². The molecule has 4 unspecified atom stereocenters. The minimum Gasteiger partial charge on any atom is -0.314 e. The van der Waals surface area contributed by atoms with Crippen LogP contribution in [0.25, 0.3) is 0 Å². The predicted octanol–water partition coefficient (Wildman–Crippen LogP) is 2.76. The maximum Gasteiger partial charge on any atom is 0.150 e. The SMILES string of the molecule is CCNC1CCCC(C2CCCC(S(C)(=O)=O)C2)C1. The first-order valence-corrected chi connectivity index (χ1v) is 9.88. The molecule has 1 N–H and O–H groups in total. The molecule has 0 amide bonds. The summed E-state index contributed by atoms with van der Waals surface area (Å²) in [5.74, 6) is 1.40. The zero-order valence-corrected chi connectivity index (χ0v) is 13.2. The van der Waals surface area contributed by atoms with Crippen molar-refractivity contribution in [2.75, 3.05) is 12.8 Å². The van der Waals surface area contributed by atoms with Gasteiger partial charge in [-0.3, -0.25) is 0 Å². The van der Waals surface area contributed by atoms with Gasteiger partial charge in [0.25, 0.3) is 0 Å². The van der Waals surface area contributed by atoms with Gasteiger partial charge in [-0.2, -0.15) is 0 Å². The molecule has 2 saturated carbocycles. The molecule has 0 aromatic rings. The van der Waals surface area contributed by atoms with Crippen LogP contribution in [0.4, 0.5) is 0 Å². The molecule has 0 heterocycles. The third-order valence-corrected chi connectivity index (χ3v) is 6.79. The van der Waals surface area contributed by atoms with E-state index in [0.29, 0.717) is 12.0 Å². The maximum atomic E-state index is 11.8. The number of sulfone groups is 1. The van der Waals surface area contributed by atoms with Crippen molar-refractivity contribution in [3.63, 3.8) is 0 Å². The molecule has 3 nitrogen and oxygen atoms in total. The number of hydrogen-bond donors (Lipinski definition) is 1. The van der Waals surface area contributed by atoms with Crippen molar-refractivity contribution in [3.05, 3.63) is 0 Å². The van der Waals surface area contributed by atoms with E-state index in [1.165, 1.54) is 38.4 Å². The summed E-state index contributed by atoms with van der Waals surface area (Å²) >= 11 is 0. The van der Waals surface area contributed by atoms with Crippen LogP contribution in [-0.4, -0.2) is 32.5 Å². The summed E-state index contributed by atoms with van der Waals surface area (Å²) in [4.78, 5) is 0. The second kappa shape index (κ2) is 6.57. The molecule has 2 fully saturated rings. The van der Waals surface area contributed by atoms with Crippen molar-refractivity contribution in [2.24, 2.45) is 11.8 Å². The van der Waals surface area contributed by atoms with Gasteiger partial charge in [-0.15, -0.1) is 0 Å². The highest BCUT2D eigenvalue weighted by molar-refractivity contribution is 7.91. The molecule has 0 bridgehead atoms. The molecule has 2 aliphatic carbocycles. The van der Waals surface area contributed by atoms with E-state index in [1.54, 1.807) is 0 Å². The second-order valence-corrected chi connectivity index (χ2v) is 8.89. The molecule has 0 aromatic heterocycles. The van der Waals surface area contributed by atoms with Crippen LogP contribution in [0.5, 0.6) is 0 Å². The van der Waals surface area contributed by atoms with Crippen LogP contribution in [0.3, 0.4) is 0 Å². The Hall–Kier alpha value is -0.0900. The van der Waals surface area contributed by atoms with E-state index in [1.807, 2.05) is 0 Å². The fraction of sp³-hybridized carbons (Fsp3) is 1.00. The van der Waals surface area contributed by atoms with E-state index in [4.69, 9.17) is 0 Å². The largest absolute Gasteiger partial charge is 0.314 e. The molecule has 19 heavy (non-hydrogen) atoms. The first-order chi connectivity index (χ1) is 9.00. The lowest BCUT2D eigenvalue weighted by molar-refractivity contribution is 0.173. The Labute approximate surface area is 118 Å². The van der Waals surface area contributed by atoms with Crippen LogP contribution in [0, 0.1) is 11.8 Å². The summed E-state index contributed by atoms with van der Waals surface area (Å²) in [6.45, 7) is 3.22. The van der Waals surface area contributed by atoms with Gasteiger partial charge in [-0.25, -0.2) is 8.42 Å². The first kappa shape index (κ1) is 15.3. The number of hydrogen-bond acceptors (Lipinski definition) is 3. The lowest BCUT2D eigenvalue weighted by Gasteiger charge is -2.38. The molecule has 4 heteroatoms. The zero-order valence-electron chi connectivity index (χ0n) is 12.4. The molecule has 0 aliphatic heterocycles. The molecule has 0 aromatic carbocycles. The van der Waals surface area contributed by atoms with E-state index in [-0.39, 0.29) is 5.25 Å². The predicted molar refractivity (Wildman–Crippen MR) is 80.0 cm³/mol. The molecule has 4 atom stereocenters. The van der Waals surface area contributed by atoms with Crippen molar-refractivity contribution >= 4 is 9.84 Å². The Morgan fingerprint density at radius 2 is 1.63 bits per heavy atom. The topological polar surface area (TPSA) is 46.2 Å². The highest BCUT2D eigenvalue weighted by atomic mass is 32.2. The fourth-order valence-corrected chi connectivity index (χ4v) is 5.32. The second-order valence-electron chi connectivity index (χ2n) is 6.56. The van der Waals surface area contributed by atoms with Gasteiger partial charge in [0.1, 0.15) is 9.84 Å². The summed E-state index contributed by atoms with van der Waals surface area (Å²) in [6.07, 6.45) is 10.7. The van der Waals surface area contributed by atoms with Crippen LogP contribution < -0.4 is 5.32 Å². The quantitative estimate of drug-likeness (QED) is 0.865. The Kier molecular flexibility index (Phi) is 5.29. The number of nitrogens with one attached hydrogen (secondary N) is 1. The lowest BCUT2D eigenvalue weighted by Crippen LogP contribution is -2.38. The molecular formula is C15H29NO2S. The Morgan fingerprint density at radius 3 is 2.26 bits per heavy atom. The van der Waals surface area contributed by atoms with Gasteiger partial charge in [0.05, 0.1) is 5.25 Å². The van der Waals surface area contributed by atoms with Gasteiger partial charge in [0.2, 0.25) is 0 Å². The van der Waals surface area contributed by atoms with E-state index < -0.39 is 9.84 Å². The van der Waals surface area contributed by atoms with Crippen molar-refractivity contribution in [3.8, 4) is 0 Å². The van der Waals surface area contributed by atoms with Gasteiger partial charge >= 0.3 is 0 Å². The molecule has 0 spiro atoms. The Balaban J connectivity index is 1.93. The van der Waals surface area contributed by atoms with Gasteiger partial charge in [-0.05, 0) is 44.1 Å². The zero-order chi connectivity index (χ0) is 13.9. The van der Waals surface area contributed by atoms with Crippen molar-refractivity contribution in [1.82, 2.24) is 5.32 Å². The summed E-state index contributed by atoms with van der Waals surface area (Å²) in [5.41, 5.74) is 0. The van der Waals surface area contributed by atoms with Crippen LogP contribution in [0.2, 0.25) is 0 Å². The van der Waals surface area contributed by atoms with Gasteiger partial charge in [0, 0.05) is 12.3 Å². The third-order valence-electron chi connectivity index (χ3n) is 5.15. The van der Waals surface area contributed by atoms with Gasteiger partial charge in [-0.1, -0.05) is 32.6 Å². The average Bonchev–Trinajstić information content (AvgIpc) is 2.39. The third kappa shape index (κ3) is 4.19. The Bertz CT molecular complexity index is 378. The van der Waals surface area contributed by atoms with Crippen molar-refractivity contribution in [1.29, 1.82) is 0 Å². The summed E-state index contributed by atoms with van der Waals surface area (Å²) in [7, 11) is -2.84. The molecule has 2 rings (SSSR count). The van der Waals surface area contributed by atoms with E-state index in [0.717, 1.165) is 31.7 Å². The van der Waals surface area contributed by atoms with Crippen molar-refractivity contribution in [2.45, 2.75) is 69.6 Å². The standard InChI is InChI=1S/C15H29NO2S/c1-3-16-14-8-4-6-12(10-14)13-7-5-9-15(11-13)19(2,17)18/h12-16H,3-11H2,1-2H3. The number of rotatable bonds is 4. The minimum absolute atomic E-state index is 0.0641. The Morgan fingerprint density at radius 1 is 1.00 bits per heavy atom. The molecule has 2 aliphatic rings. The average molecular weight is 287 g/mol. The van der Waals surface area contributed by atoms with Crippen molar-refractivity contribution < 1.29 is 8.42 Å². The molecule has 0 saturated heterocycles. The molecular weight excluding hydrogens is 258 g/mol. The van der Waals surface area contributed by atoms with E-state index in [2.05, 4.69) is 12.2 Å². The van der Waals surface area contributed by atoms with E-state index in [9.17, 15) is 8.42 Å². The summed E-state index contributed by atoms with van der Waals surface area (Å²) < 4.78 is 23.5. The molecule has 112 valence electrons. The maximum absolute atomic E-state index is 11.8. The van der Waals surface area contributed by atoms with Crippen LogP contribution in [-0.2, 0) is 9.84 Å². The normalized spacial score (nSPS) is 37.2. The smallest absolute Gasteiger partial charge is 0.150 e. The monoisotopic (exact) mass is 287 g/mol. The van der Waals surface area contributed by atoms with Crippen LogP contribution in [0.1, 0.15) is 58.3 Å². The first-order valence-electron chi connectivity index (χ1n) is 7.93. The fourth-order valence-electron chi connectivity index (χ4n) is 4.13. The van der Waals surface area contributed by atoms with Crippen LogP contribution >= 0.6 is 0 Å².